The van der Waals surface area contributed by atoms with E-state index in [1.165, 1.54) is 74.4 Å². The maximum absolute atomic E-state index is 5.39. The molecule has 3 rings (SSSR count). The molecule has 0 bridgehead atoms. The Labute approximate surface area is 160 Å². The average Bonchev–Trinajstić information content (AvgIpc) is 2.61. The first-order valence-corrected chi connectivity index (χ1v) is 10.3. The summed E-state index contributed by atoms with van der Waals surface area (Å²) in [5, 5.41) is 0. The molecule has 0 aliphatic carbocycles. The summed E-state index contributed by atoms with van der Waals surface area (Å²) in [5.41, 5.74) is 5.91. The Kier molecular flexibility index (Phi) is 7.10. The van der Waals surface area contributed by atoms with E-state index >= 15 is 0 Å². The maximum atomic E-state index is 5.39. The van der Waals surface area contributed by atoms with Crippen LogP contribution < -0.4 is 0 Å². The van der Waals surface area contributed by atoms with Crippen LogP contribution in [0.2, 0.25) is 0 Å². The Morgan fingerprint density at radius 3 is 2.23 bits per heavy atom. The predicted octanol–water partition coefficient (Wildman–Crippen LogP) is 2.91. The van der Waals surface area contributed by atoms with Crippen LogP contribution in [0, 0.1) is 19.8 Å². The quantitative estimate of drug-likeness (QED) is 0.777. The van der Waals surface area contributed by atoms with Crippen LogP contribution in [0.3, 0.4) is 0 Å². The minimum absolute atomic E-state index is 0.698. The monoisotopic (exact) mass is 359 g/mol. The van der Waals surface area contributed by atoms with Crippen LogP contribution in [0.1, 0.15) is 35.1 Å². The van der Waals surface area contributed by atoms with Gasteiger partial charge >= 0.3 is 0 Å². The van der Waals surface area contributed by atoms with E-state index in [0.717, 1.165) is 19.7 Å². The van der Waals surface area contributed by atoms with Crippen molar-refractivity contribution in [1.82, 2.24) is 14.7 Å². The molecule has 0 radical (unpaired) electrons. The lowest BCUT2D eigenvalue weighted by Crippen LogP contribution is -2.44. The lowest BCUT2D eigenvalue weighted by Gasteiger charge is -2.34. The number of methoxy groups -OCH3 is 1. The molecule has 0 unspecified atom stereocenters. The molecule has 4 heteroatoms. The van der Waals surface area contributed by atoms with Crippen molar-refractivity contribution in [2.75, 3.05) is 60.0 Å². The van der Waals surface area contributed by atoms with E-state index < -0.39 is 0 Å². The first-order chi connectivity index (χ1) is 12.5. The largest absolute Gasteiger partial charge is 0.384 e. The molecule has 146 valence electrons. The zero-order valence-electron chi connectivity index (χ0n) is 17.3. The Hall–Kier alpha value is -0.940. The molecule has 0 aromatic heterocycles. The van der Waals surface area contributed by atoms with E-state index in [-0.39, 0.29) is 0 Å². The van der Waals surface area contributed by atoms with Crippen molar-refractivity contribution in [1.29, 1.82) is 0 Å². The van der Waals surface area contributed by atoms with Crippen LogP contribution in [0.25, 0.3) is 0 Å². The number of piperazine rings is 1. The van der Waals surface area contributed by atoms with E-state index in [1.807, 2.05) is 7.11 Å². The fourth-order valence-corrected chi connectivity index (χ4v) is 4.44. The molecular weight excluding hydrogens is 322 g/mol. The molecule has 1 atom stereocenters. The first kappa shape index (κ1) is 19.8. The molecule has 2 aliphatic heterocycles. The van der Waals surface area contributed by atoms with Crippen molar-refractivity contribution in [3.63, 3.8) is 0 Å². The smallest absolute Gasteiger partial charge is 0.0502 e. The molecule has 0 amide bonds. The van der Waals surface area contributed by atoms with Gasteiger partial charge in [-0.1, -0.05) is 12.1 Å². The van der Waals surface area contributed by atoms with Crippen LogP contribution in [0.15, 0.2) is 12.1 Å². The summed E-state index contributed by atoms with van der Waals surface area (Å²) >= 11 is 0. The number of likely N-dealkylation sites (tertiary alicyclic amines) is 1. The van der Waals surface area contributed by atoms with Crippen LogP contribution in [0.4, 0.5) is 0 Å². The Morgan fingerprint density at radius 2 is 1.58 bits per heavy atom. The summed E-state index contributed by atoms with van der Waals surface area (Å²) in [6.45, 7) is 14.8. The van der Waals surface area contributed by atoms with Crippen molar-refractivity contribution in [3.8, 4) is 0 Å². The van der Waals surface area contributed by atoms with Gasteiger partial charge in [-0.2, -0.15) is 0 Å². The molecule has 26 heavy (non-hydrogen) atoms. The van der Waals surface area contributed by atoms with Gasteiger partial charge in [-0.05, 0) is 68.5 Å². The first-order valence-electron chi connectivity index (χ1n) is 10.3. The van der Waals surface area contributed by atoms with Gasteiger partial charge in [0.15, 0.2) is 0 Å². The van der Waals surface area contributed by atoms with Crippen molar-refractivity contribution in [3.05, 3.63) is 34.4 Å². The SMILES string of the molecule is COC[C@H]1CCCN(Cc2cc(CN3CCN(C)CC3)c(C)cc2C)C1. The highest BCUT2D eigenvalue weighted by Crippen LogP contribution is 2.23. The zero-order chi connectivity index (χ0) is 18.5. The van der Waals surface area contributed by atoms with Gasteiger partial charge in [0, 0.05) is 52.9 Å². The highest BCUT2D eigenvalue weighted by molar-refractivity contribution is 5.37. The summed E-state index contributed by atoms with van der Waals surface area (Å²) in [6, 6.07) is 4.89. The number of hydrogen-bond donors (Lipinski definition) is 0. The fourth-order valence-electron chi connectivity index (χ4n) is 4.44. The lowest BCUT2D eigenvalue weighted by molar-refractivity contribution is 0.0872. The molecule has 2 heterocycles. The Bertz CT molecular complexity index is 579. The number of aryl methyl sites for hydroxylation is 2. The summed E-state index contributed by atoms with van der Waals surface area (Å²) in [7, 11) is 4.05. The number of likely N-dealkylation sites (N-methyl/N-ethyl adjacent to an activating group) is 1. The van der Waals surface area contributed by atoms with Gasteiger partial charge in [0.05, 0.1) is 6.61 Å². The summed E-state index contributed by atoms with van der Waals surface area (Å²) < 4.78 is 5.39. The predicted molar refractivity (Wildman–Crippen MR) is 109 cm³/mol. The van der Waals surface area contributed by atoms with Gasteiger partial charge in [0.25, 0.3) is 0 Å². The molecule has 0 spiro atoms. The highest BCUT2D eigenvalue weighted by atomic mass is 16.5. The van der Waals surface area contributed by atoms with E-state index in [0.29, 0.717) is 5.92 Å². The number of nitrogens with zero attached hydrogens (tertiary/aromatic N) is 3. The fraction of sp³-hybridized carbons (Fsp3) is 0.727. The second-order valence-electron chi connectivity index (χ2n) is 8.48. The maximum Gasteiger partial charge on any atom is 0.0502 e. The van der Waals surface area contributed by atoms with Crippen LogP contribution >= 0.6 is 0 Å². The number of ether oxygens (including phenoxy) is 1. The van der Waals surface area contributed by atoms with Crippen LogP contribution in [-0.2, 0) is 17.8 Å². The van der Waals surface area contributed by atoms with Gasteiger partial charge in [0.2, 0.25) is 0 Å². The molecule has 0 N–H and O–H groups in total. The molecule has 2 aliphatic rings. The Morgan fingerprint density at radius 1 is 0.923 bits per heavy atom. The third kappa shape index (κ3) is 5.29. The standard InChI is InChI=1S/C22H37N3O/c1-18-12-19(2)22(16-25-7-5-6-20(14-25)17-26-4)13-21(18)15-24-10-8-23(3)9-11-24/h12-13,20H,5-11,14-17H2,1-4H3/t20-/m0/s1. The second-order valence-corrected chi connectivity index (χ2v) is 8.48. The molecule has 2 saturated heterocycles. The summed E-state index contributed by atoms with van der Waals surface area (Å²) in [4.78, 5) is 7.66. The van der Waals surface area contributed by atoms with E-state index in [1.54, 1.807) is 0 Å². The van der Waals surface area contributed by atoms with Crippen LogP contribution in [-0.4, -0.2) is 74.7 Å². The summed E-state index contributed by atoms with van der Waals surface area (Å²) in [5.74, 6) is 0.698. The van der Waals surface area contributed by atoms with Gasteiger partial charge in [-0.15, -0.1) is 0 Å². The third-order valence-corrected chi connectivity index (χ3v) is 6.18. The van der Waals surface area contributed by atoms with Crippen molar-refractivity contribution < 1.29 is 4.74 Å². The van der Waals surface area contributed by atoms with Gasteiger partial charge in [-0.3, -0.25) is 9.80 Å². The van der Waals surface area contributed by atoms with E-state index in [9.17, 15) is 0 Å². The van der Waals surface area contributed by atoms with Gasteiger partial charge in [0.1, 0.15) is 0 Å². The molecule has 1 aromatic carbocycles. The lowest BCUT2D eigenvalue weighted by atomic mass is 9.96. The number of benzene rings is 1. The topological polar surface area (TPSA) is 19.0 Å². The molecule has 0 saturated carbocycles. The molecule has 4 nitrogen and oxygen atoms in total. The molecular formula is C22H37N3O. The van der Waals surface area contributed by atoms with E-state index in [2.05, 4.69) is 47.7 Å². The zero-order valence-corrected chi connectivity index (χ0v) is 17.3. The van der Waals surface area contributed by atoms with Crippen molar-refractivity contribution in [2.45, 2.75) is 39.8 Å². The minimum Gasteiger partial charge on any atom is -0.384 e. The minimum atomic E-state index is 0.698. The normalized spacial score (nSPS) is 23.5. The van der Waals surface area contributed by atoms with Gasteiger partial charge < -0.3 is 9.64 Å². The van der Waals surface area contributed by atoms with Crippen molar-refractivity contribution in [2.24, 2.45) is 5.92 Å². The van der Waals surface area contributed by atoms with E-state index in [4.69, 9.17) is 4.74 Å². The van der Waals surface area contributed by atoms with Crippen molar-refractivity contribution >= 4 is 0 Å². The number of rotatable bonds is 6. The van der Waals surface area contributed by atoms with Crippen LogP contribution in [0.5, 0.6) is 0 Å². The number of piperidine rings is 1. The Balaban J connectivity index is 1.65. The highest BCUT2D eigenvalue weighted by Gasteiger charge is 2.21. The average molecular weight is 360 g/mol. The summed E-state index contributed by atoms with van der Waals surface area (Å²) in [6.07, 6.45) is 2.61. The molecule has 1 aromatic rings. The third-order valence-electron chi connectivity index (χ3n) is 6.18. The van der Waals surface area contributed by atoms with Gasteiger partial charge in [-0.25, -0.2) is 0 Å². The molecule has 2 fully saturated rings. The second kappa shape index (κ2) is 9.32. The number of hydrogen-bond acceptors (Lipinski definition) is 4.